The highest BCUT2D eigenvalue weighted by Gasteiger charge is 2.41. The molecule has 3 atom stereocenters. The van der Waals surface area contributed by atoms with Crippen molar-refractivity contribution in [1.29, 1.82) is 0 Å². The SMILES string of the molecule is Cl.NC(=O)[C@H]1NCC(c2ccccc2C(=O)O)[C@H]1c1ccccc1. The van der Waals surface area contributed by atoms with Crippen molar-refractivity contribution in [3.05, 3.63) is 71.3 Å². The maximum Gasteiger partial charge on any atom is 0.335 e. The number of nitrogens with two attached hydrogens (primary N) is 1. The zero-order valence-electron chi connectivity index (χ0n) is 12.9. The number of primary amides is 1. The molecule has 0 bridgehead atoms. The molecule has 1 heterocycles. The van der Waals surface area contributed by atoms with Gasteiger partial charge in [0.05, 0.1) is 11.6 Å². The van der Waals surface area contributed by atoms with E-state index in [9.17, 15) is 14.7 Å². The molecule has 0 spiro atoms. The number of nitrogens with one attached hydrogen (secondary N) is 1. The third kappa shape index (κ3) is 3.27. The van der Waals surface area contributed by atoms with Crippen LogP contribution in [0.1, 0.15) is 33.3 Å². The van der Waals surface area contributed by atoms with E-state index in [-0.39, 0.29) is 29.8 Å². The van der Waals surface area contributed by atoms with Gasteiger partial charge in [0.25, 0.3) is 0 Å². The van der Waals surface area contributed by atoms with Crippen LogP contribution in [0.5, 0.6) is 0 Å². The van der Waals surface area contributed by atoms with Crippen LogP contribution in [0.2, 0.25) is 0 Å². The van der Waals surface area contributed by atoms with Gasteiger partial charge in [-0.15, -0.1) is 12.4 Å². The topological polar surface area (TPSA) is 92.4 Å². The summed E-state index contributed by atoms with van der Waals surface area (Å²) >= 11 is 0. The number of carbonyl (C=O) groups excluding carboxylic acids is 1. The van der Waals surface area contributed by atoms with Gasteiger partial charge >= 0.3 is 5.97 Å². The van der Waals surface area contributed by atoms with E-state index in [1.807, 2.05) is 42.5 Å². The molecule has 2 aromatic rings. The Morgan fingerprint density at radius 3 is 2.29 bits per heavy atom. The van der Waals surface area contributed by atoms with Crippen LogP contribution in [0.4, 0.5) is 0 Å². The highest BCUT2D eigenvalue weighted by atomic mass is 35.5. The van der Waals surface area contributed by atoms with Crippen LogP contribution in [0, 0.1) is 0 Å². The van der Waals surface area contributed by atoms with Gasteiger partial charge in [0, 0.05) is 18.4 Å². The van der Waals surface area contributed by atoms with Gasteiger partial charge in [0.15, 0.2) is 0 Å². The lowest BCUT2D eigenvalue weighted by Gasteiger charge is -2.24. The molecule has 0 aromatic heterocycles. The van der Waals surface area contributed by atoms with Crippen LogP contribution in [0.3, 0.4) is 0 Å². The molecule has 1 unspecified atom stereocenters. The zero-order chi connectivity index (χ0) is 16.4. The molecule has 6 heteroatoms. The molecule has 5 nitrogen and oxygen atoms in total. The first-order valence-corrected chi connectivity index (χ1v) is 7.49. The van der Waals surface area contributed by atoms with Crippen molar-refractivity contribution in [2.24, 2.45) is 5.73 Å². The fourth-order valence-corrected chi connectivity index (χ4v) is 3.44. The number of carbonyl (C=O) groups is 2. The van der Waals surface area contributed by atoms with E-state index >= 15 is 0 Å². The average Bonchev–Trinajstić information content (AvgIpc) is 3.00. The van der Waals surface area contributed by atoms with Crippen molar-refractivity contribution in [2.75, 3.05) is 6.54 Å². The molecule has 24 heavy (non-hydrogen) atoms. The lowest BCUT2D eigenvalue weighted by molar-refractivity contribution is -0.120. The van der Waals surface area contributed by atoms with Crippen molar-refractivity contribution in [1.82, 2.24) is 5.32 Å². The predicted molar refractivity (Wildman–Crippen MR) is 93.6 cm³/mol. The zero-order valence-corrected chi connectivity index (χ0v) is 13.7. The Kier molecular flexibility index (Phi) is 5.59. The van der Waals surface area contributed by atoms with Gasteiger partial charge in [-0.25, -0.2) is 4.79 Å². The number of aromatic carboxylic acids is 1. The summed E-state index contributed by atoms with van der Waals surface area (Å²) in [6.07, 6.45) is 0. The molecule has 2 aromatic carbocycles. The average molecular weight is 347 g/mol. The molecule has 3 rings (SSSR count). The smallest absolute Gasteiger partial charge is 0.335 e. The second-order valence-corrected chi connectivity index (χ2v) is 5.72. The van der Waals surface area contributed by atoms with Crippen molar-refractivity contribution in [2.45, 2.75) is 17.9 Å². The summed E-state index contributed by atoms with van der Waals surface area (Å²) in [6.45, 7) is 0.511. The molecule has 4 N–H and O–H groups in total. The molecule has 0 aliphatic carbocycles. The van der Waals surface area contributed by atoms with Crippen LogP contribution < -0.4 is 11.1 Å². The second-order valence-electron chi connectivity index (χ2n) is 5.72. The van der Waals surface area contributed by atoms with E-state index in [0.717, 1.165) is 11.1 Å². The van der Waals surface area contributed by atoms with Gasteiger partial charge < -0.3 is 16.2 Å². The molecular weight excluding hydrogens is 328 g/mol. The minimum Gasteiger partial charge on any atom is -0.478 e. The first-order chi connectivity index (χ1) is 11.1. The molecular formula is C18H19ClN2O3. The molecule has 1 aliphatic heterocycles. The Morgan fingerprint density at radius 1 is 1.04 bits per heavy atom. The maximum absolute atomic E-state index is 11.8. The standard InChI is InChI=1S/C18H18N2O3.ClH/c19-17(21)16-15(11-6-2-1-3-7-11)14(10-20-16)12-8-4-5-9-13(12)18(22)23;/h1-9,14-16,20H,10H2,(H2,19,21)(H,22,23);1H/t14?,15-,16+;/m1./s1. The lowest BCUT2D eigenvalue weighted by Crippen LogP contribution is -2.39. The van der Waals surface area contributed by atoms with Crippen LogP contribution in [0.25, 0.3) is 0 Å². The number of carboxylic acids is 1. The van der Waals surface area contributed by atoms with Gasteiger partial charge in [-0.3, -0.25) is 4.79 Å². The second kappa shape index (κ2) is 7.47. The quantitative estimate of drug-likeness (QED) is 0.790. The summed E-state index contributed by atoms with van der Waals surface area (Å²) in [5, 5.41) is 12.6. The monoisotopic (exact) mass is 346 g/mol. The van der Waals surface area contributed by atoms with Gasteiger partial charge in [-0.1, -0.05) is 48.5 Å². The first kappa shape index (κ1) is 18.0. The third-order valence-corrected chi connectivity index (χ3v) is 4.43. The van der Waals surface area contributed by atoms with Crippen LogP contribution in [-0.4, -0.2) is 29.6 Å². The summed E-state index contributed by atoms with van der Waals surface area (Å²) < 4.78 is 0. The molecule has 1 aliphatic rings. The highest BCUT2D eigenvalue weighted by molar-refractivity contribution is 5.90. The van der Waals surface area contributed by atoms with Crippen LogP contribution >= 0.6 is 12.4 Å². The largest absolute Gasteiger partial charge is 0.478 e. The van der Waals surface area contributed by atoms with Gasteiger partial charge in [-0.2, -0.15) is 0 Å². The Hall–Kier alpha value is -2.37. The molecule has 126 valence electrons. The summed E-state index contributed by atoms with van der Waals surface area (Å²) in [5.41, 5.74) is 7.52. The number of halogens is 1. The molecule has 0 saturated carbocycles. The Bertz CT molecular complexity index is 736. The van der Waals surface area contributed by atoms with Crippen LogP contribution in [0.15, 0.2) is 54.6 Å². The molecule has 1 amide bonds. The minimum atomic E-state index is -0.963. The van der Waals surface area contributed by atoms with E-state index in [2.05, 4.69) is 5.32 Å². The third-order valence-electron chi connectivity index (χ3n) is 4.43. The maximum atomic E-state index is 11.8. The van der Waals surface area contributed by atoms with Gasteiger partial charge in [0.1, 0.15) is 0 Å². The number of hydrogen-bond acceptors (Lipinski definition) is 3. The number of carboxylic acid groups (broad SMARTS) is 1. The van der Waals surface area contributed by atoms with Gasteiger partial charge in [-0.05, 0) is 17.2 Å². The first-order valence-electron chi connectivity index (χ1n) is 7.49. The van der Waals surface area contributed by atoms with E-state index in [1.165, 1.54) is 0 Å². The van der Waals surface area contributed by atoms with Crippen molar-refractivity contribution < 1.29 is 14.7 Å². The number of hydrogen-bond donors (Lipinski definition) is 3. The predicted octanol–water partition coefficient (Wildman–Crippen LogP) is 2.13. The number of amides is 1. The molecule has 1 saturated heterocycles. The lowest BCUT2D eigenvalue weighted by atomic mass is 9.79. The highest BCUT2D eigenvalue weighted by Crippen LogP contribution is 2.40. The van der Waals surface area contributed by atoms with Crippen molar-refractivity contribution >= 4 is 24.3 Å². The van der Waals surface area contributed by atoms with E-state index in [1.54, 1.807) is 12.1 Å². The molecule has 0 radical (unpaired) electrons. The fourth-order valence-electron chi connectivity index (χ4n) is 3.44. The minimum absolute atomic E-state index is 0. The summed E-state index contributed by atoms with van der Waals surface area (Å²) in [7, 11) is 0. The normalized spacial score (nSPS) is 22.6. The Labute approximate surface area is 146 Å². The number of benzene rings is 2. The van der Waals surface area contributed by atoms with E-state index in [0.29, 0.717) is 6.54 Å². The summed E-state index contributed by atoms with van der Waals surface area (Å²) in [5.74, 6) is -1.69. The Balaban J connectivity index is 0.00000208. The number of rotatable bonds is 4. The van der Waals surface area contributed by atoms with Crippen molar-refractivity contribution in [3.8, 4) is 0 Å². The van der Waals surface area contributed by atoms with E-state index < -0.39 is 17.9 Å². The van der Waals surface area contributed by atoms with Crippen molar-refractivity contribution in [3.63, 3.8) is 0 Å². The van der Waals surface area contributed by atoms with E-state index in [4.69, 9.17) is 5.73 Å². The molecule has 1 fully saturated rings. The summed E-state index contributed by atoms with van der Waals surface area (Å²) in [4.78, 5) is 23.3. The Morgan fingerprint density at radius 2 is 1.67 bits per heavy atom. The van der Waals surface area contributed by atoms with Gasteiger partial charge in [0.2, 0.25) is 5.91 Å². The summed E-state index contributed by atoms with van der Waals surface area (Å²) in [6, 6.07) is 16.0. The van der Waals surface area contributed by atoms with Crippen LogP contribution in [-0.2, 0) is 4.79 Å². The fraction of sp³-hybridized carbons (Fsp3) is 0.222.